The maximum absolute atomic E-state index is 11.0. The first-order valence-electron chi connectivity index (χ1n) is 8.34. The molecule has 0 aliphatic carbocycles. The van der Waals surface area contributed by atoms with Gasteiger partial charge in [-0.25, -0.2) is 0 Å². The van der Waals surface area contributed by atoms with Crippen LogP contribution in [0.5, 0.6) is 0 Å². The molecule has 0 fully saturated rings. The Labute approximate surface area is 129 Å². The summed E-state index contributed by atoms with van der Waals surface area (Å²) in [4.78, 5) is 11.0. The Morgan fingerprint density at radius 2 is 1.62 bits per heavy atom. The number of carbonyl (C=O) groups excluding carboxylic acids is 1. The zero-order chi connectivity index (χ0) is 15.3. The Balaban J connectivity index is 2.14. The van der Waals surface area contributed by atoms with Gasteiger partial charge in [0.15, 0.2) is 0 Å². The van der Waals surface area contributed by atoms with Crippen molar-refractivity contribution in [3.05, 3.63) is 29.8 Å². The van der Waals surface area contributed by atoms with E-state index < -0.39 is 0 Å². The largest absolute Gasteiger partial charge is 0.385 e. The molecule has 3 nitrogen and oxygen atoms in total. The molecular weight excluding hydrogens is 260 g/mol. The monoisotopic (exact) mass is 290 g/mol. The van der Waals surface area contributed by atoms with E-state index in [-0.39, 0.29) is 5.91 Å². The van der Waals surface area contributed by atoms with Crippen LogP contribution < -0.4 is 11.1 Å². The summed E-state index contributed by atoms with van der Waals surface area (Å²) >= 11 is 0. The van der Waals surface area contributed by atoms with Crippen LogP contribution in [0.1, 0.15) is 63.9 Å². The molecule has 0 radical (unpaired) electrons. The third-order valence-corrected chi connectivity index (χ3v) is 3.73. The molecule has 0 aromatic heterocycles. The van der Waals surface area contributed by atoms with E-state index in [1.165, 1.54) is 51.4 Å². The Kier molecular flexibility index (Phi) is 9.34. The first kappa shape index (κ1) is 17.5. The highest BCUT2D eigenvalue weighted by Gasteiger charge is 2.04. The second-order valence-electron chi connectivity index (χ2n) is 5.70. The van der Waals surface area contributed by atoms with Crippen molar-refractivity contribution in [2.75, 3.05) is 11.9 Å². The first-order valence-corrected chi connectivity index (χ1v) is 8.34. The number of nitrogens with one attached hydrogen (secondary N) is 1. The number of hydrogen-bond donors (Lipinski definition) is 2. The number of para-hydroxylation sites is 1. The molecule has 0 spiro atoms. The third-order valence-electron chi connectivity index (χ3n) is 3.73. The van der Waals surface area contributed by atoms with Crippen molar-refractivity contribution in [1.82, 2.24) is 0 Å². The van der Waals surface area contributed by atoms with Crippen LogP contribution in [0.4, 0.5) is 5.69 Å². The van der Waals surface area contributed by atoms with Crippen LogP contribution in [0.15, 0.2) is 24.3 Å². The van der Waals surface area contributed by atoms with Crippen molar-refractivity contribution in [3.8, 4) is 0 Å². The quantitative estimate of drug-likeness (QED) is 0.565. The van der Waals surface area contributed by atoms with Gasteiger partial charge in [0.05, 0.1) is 6.42 Å². The molecule has 0 saturated carbocycles. The summed E-state index contributed by atoms with van der Waals surface area (Å²) in [6.45, 7) is 3.21. The van der Waals surface area contributed by atoms with Crippen LogP contribution in [0.25, 0.3) is 0 Å². The summed E-state index contributed by atoms with van der Waals surface area (Å²) in [5, 5.41) is 3.42. The van der Waals surface area contributed by atoms with Crippen molar-refractivity contribution in [3.63, 3.8) is 0 Å². The van der Waals surface area contributed by atoms with Gasteiger partial charge in [-0.2, -0.15) is 0 Å². The van der Waals surface area contributed by atoms with Crippen LogP contribution in [0, 0.1) is 0 Å². The second kappa shape index (κ2) is 11.2. The predicted octanol–water partition coefficient (Wildman–Crippen LogP) is 4.27. The molecule has 3 N–H and O–H groups in total. The van der Waals surface area contributed by atoms with E-state index >= 15 is 0 Å². The number of hydrogen-bond acceptors (Lipinski definition) is 2. The number of unbranched alkanes of at least 4 members (excludes halogenated alkanes) is 7. The molecule has 1 amide bonds. The molecule has 0 saturated heterocycles. The molecule has 0 unspecified atom stereocenters. The number of anilines is 1. The minimum Gasteiger partial charge on any atom is -0.385 e. The fraction of sp³-hybridized carbons (Fsp3) is 0.611. The van der Waals surface area contributed by atoms with E-state index in [9.17, 15) is 4.79 Å². The normalized spacial score (nSPS) is 10.5. The fourth-order valence-electron chi connectivity index (χ4n) is 2.52. The first-order chi connectivity index (χ1) is 10.2. The topological polar surface area (TPSA) is 55.1 Å². The van der Waals surface area contributed by atoms with Gasteiger partial charge in [0, 0.05) is 12.2 Å². The van der Waals surface area contributed by atoms with Gasteiger partial charge in [-0.3, -0.25) is 4.79 Å². The molecule has 21 heavy (non-hydrogen) atoms. The fourth-order valence-corrected chi connectivity index (χ4v) is 2.52. The molecule has 0 atom stereocenters. The average molecular weight is 290 g/mol. The Morgan fingerprint density at radius 3 is 2.29 bits per heavy atom. The number of carbonyl (C=O) groups is 1. The molecular formula is C18H30N2O. The SMILES string of the molecule is CCCCCCCCCCNc1ccccc1CC(N)=O. The lowest BCUT2D eigenvalue weighted by molar-refractivity contribution is -0.117. The van der Waals surface area contributed by atoms with Gasteiger partial charge in [0.1, 0.15) is 0 Å². The summed E-state index contributed by atoms with van der Waals surface area (Å²) in [7, 11) is 0. The number of rotatable bonds is 12. The van der Waals surface area contributed by atoms with Gasteiger partial charge in [-0.1, -0.05) is 70.1 Å². The average Bonchev–Trinajstić information content (AvgIpc) is 2.46. The lowest BCUT2D eigenvalue weighted by Gasteiger charge is -2.11. The minimum atomic E-state index is -0.281. The number of benzene rings is 1. The van der Waals surface area contributed by atoms with E-state index in [0.29, 0.717) is 6.42 Å². The highest BCUT2D eigenvalue weighted by Crippen LogP contribution is 2.16. The highest BCUT2D eigenvalue weighted by molar-refractivity contribution is 5.78. The van der Waals surface area contributed by atoms with Crippen molar-refractivity contribution < 1.29 is 4.79 Å². The van der Waals surface area contributed by atoms with Gasteiger partial charge in [-0.15, -0.1) is 0 Å². The maximum Gasteiger partial charge on any atom is 0.221 e. The number of nitrogens with two attached hydrogens (primary N) is 1. The molecule has 1 aromatic rings. The summed E-state index contributed by atoms with van der Waals surface area (Å²) in [5.74, 6) is -0.281. The summed E-state index contributed by atoms with van der Waals surface area (Å²) in [5.41, 5.74) is 7.30. The zero-order valence-electron chi connectivity index (χ0n) is 13.4. The molecule has 1 aromatic carbocycles. The Bertz CT molecular complexity index is 404. The summed E-state index contributed by atoms with van der Waals surface area (Å²) < 4.78 is 0. The minimum absolute atomic E-state index is 0.281. The van der Waals surface area contributed by atoms with Crippen molar-refractivity contribution in [2.24, 2.45) is 5.73 Å². The van der Waals surface area contributed by atoms with Crippen LogP contribution >= 0.6 is 0 Å². The van der Waals surface area contributed by atoms with Crippen LogP contribution in [0.2, 0.25) is 0 Å². The molecule has 0 heterocycles. The number of primary amides is 1. The number of amides is 1. The highest BCUT2D eigenvalue weighted by atomic mass is 16.1. The van der Waals surface area contributed by atoms with Gasteiger partial charge in [0.2, 0.25) is 5.91 Å². The van der Waals surface area contributed by atoms with E-state index in [1.54, 1.807) is 0 Å². The molecule has 1 rings (SSSR count). The Morgan fingerprint density at radius 1 is 1.00 bits per heavy atom. The van der Waals surface area contributed by atoms with E-state index in [1.807, 2.05) is 24.3 Å². The van der Waals surface area contributed by atoms with E-state index in [2.05, 4.69) is 12.2 Å². The van der Waals surface area contributed by atoms with Gasteiger partial charge >= 0.3 is 0 Å². The second-order valence-corrected chi connectivity index (χ2v) is 5.70. The van der Waals surface area contributed by atoms with Gasteiger partial charge in [0.25, 0.3) is 0 Å². The summed E-state index contributed by atoms with van der Waals surface area (Å²) in [6.07, 6.45) is 10.9. The van der Waals surface area contributed by atoms with Crippen LogP contribution in [0.3, 0.4) is 0 Å². The van der Waals surface area contributed by atoms with Crippen LogP contribution in [-0.4, -0.2) is 12.5 Å². The van der Waals surface area contributed by atoms with E-state index in [0.717, 1.165) is 17.8 Å². The molecule has 118 valence electrons. The lowest BCUT2D eigenvalue weighted by Crippen LogP contribution is -2.15. The lowest BCUT2D eigenvalue weighted by atomic mass is 10.1. The molecule has 0 aliphatic heterocycles. The van der Waals surface area contributed by atoms with E-state index in [4.69, 9.17) is 5.73 Å². The summed E-state index contributed by atoms with van der Waals surface area (Å²) in [6, 6.07) is 7.91. The zero-order valence-corrected chi connectivity index (χ0v) is 13.4. The smallest absolute Gasteiger partial charge is 0.221 e. The third kappa shape index (κ3) is 8.38. The van der Waals surface area contributed by atoms with Crippen molar-refractivity contribution in [1.29, 1.82) is 0 Å². The standard InChI is InChI=1S/C18H30N2O/c1-2-3-4-5-6-7-8-11-14-20-17-13-10-9-12-16(17)15-18(19)21/h9-10,12-13,20H,2-8,11,14-15H2,1H3,(H2,19,21). The van der Waals surface area contributed by atoms with Crippen molar-refractivity contribution >= 4 is 11.6 Å². The van der Waals surface area contributed by atoms with Crippen molar-refractivity contribution in [2.45, 2.75) is 64.7 Å². The van der Waals surface area contributed by atoms with Gasteiger partial charge in [-0.05, 0) is 18.1 Å². The van der Waals surface area contributed by atoms with Crippen LogP contribution in [-0.2, 0) is 11.2 Å². The molecule has 3 heteroatoms. The van der Waals surface area contributed by atoms with Gasteiger partial charge < -0.3 is 11.1 Å². The maximum atomic E-state index is 11.0. The predicted molar refractivity (Wildman–Crippen MR) is 90.4 cm³/mol. The molecule has 0 bridgehead atoms. The molecule has 0 aliphatic rings. The Hall–Kier alpha value is -1.51.